The molecular weight excluding hydrogens is 427 g/mol. The van der Waals surface area contributed by atoms with Crippen molar-refractivity contribution in [2.24, 2.45) is 4.99 Å². The van der Waals surface area contributed by atoms with Gasteiger partial charge in [0.15, 0.2) is 5.96 Å². The zero-order valence-electron chi connectivity index (χ0n) is 15.5. The number of nitrogens with zero attached hydrogens (tertiary/aromatic N) is 2. The minimum Gasteiger partial charge on any atom is -0.373 e. The Kier molecular flexibility index (Phi) is 7.96. The Morgan fingerprint density at radius 2 is 2.08 bits per heavy atom. The van der Waals surface area contributed by atoms with Crippen molar-refractivity contribution in [1.82, 2.24) is 15.5 Å². The molecule has 0 aromatic heterocycles. The fourth-order valence-electron chi connectivity index (χ4n) is 3.65. The predicted molar refractivity (Wildman–Crippen MR) is 113 cm³/mol. The minimum atomic E-state index is 0. The van der Waals surface area contributed by atoms with E-state index in [0.717, 1.165) is 25.5 Å². The van der Waals surface area contributed by atoms with Crippen LogP contribution in [-0.4, -0.2) is 49.7 Å². The van der Waals surface area contributed by atoms with Crippen LogP contribution >= 0.6 is 24.0 Å². The van der Waals surface area contributed by atoms with E-state index in [2.05, 4.69) is 60.8 Å². The quantitative estimate of drug-likeness (QED) is 0.391. The first-order valence-electron chi connectivity index (χ1n) is 9.07. The second-order valence-electron chi connectivity index (χ2n) is 7.11. The van der Waals surface area contributed by atoms with Crippen LogP contribution in [0.4, 0.5) is 0 Å². The summed E-state index contributed by atoms with van der Waals surface area (Å²) < 4.78 is 5.93. The summed E-state index contributed by atoms with van der Waals surface area (Å²) >= 11 is 0. The van der Waals surface area contributed by atoms with Gasteiger partial charge < -0.3 is 20.3 Å². The van der Waals surface area contributed by atoms with Crippen molar-refractivity contribution in [1.29, 1.82) is 0 Å². The molecule has 0 radical (unpaired) electrons. The molecule has 5 nitrogen and oxygen atoms in total. The summed E-state index contributed by atoms with van der Waals surface area (Å²) in [6, 6.07) is 9.08. The summed E-state index contributed by atoms with van der Waals surface area (Å²) in [7, 11) is 4.19. The van der Waals surface area contributed by atoms with Gasteiger partial charge in [-0.25, -0.2) is 4.99 Å². The molecule has 25 heavy (non-hydrogen) atoms. The lowest BCUT2D eigenvalue weighted by Crippen LogP contribution is -2.47. The van der Waals surface area contributed by atoms with Crippen molar-refractivity contribution in [3.8, 4) is 0 Å². The van der Waals surface area contributed by atoms with Crippen molar-refractivity contribution in [3.63, 3.8) is 0 Å². The molecule has 1 aromatic carbocycles. The Bertz CT molecular complexity index is 578. The molecule has 3 rings (SSSR count). The Balaban J connectivity index is 0.00000225. The summed E-state index contributed by atoms with van der Waals surface area (Å²) in [4.78, 5) is 6.96. The highest BCUT2D eigenvalue weighted by Gasteiger charge is 2.41. The van der Waals surface area contributed by atoms with Crippen LogP contribution in [0.15, 0.2) is 29.3 Å². The van der Waals surface area contributed by atoms with Gasteiger partial charge in [0.05, 0.1) is 24.8 Å². The Morgan fingerprint density at radius 3 is 2.72 bits per heavy atom. The summed E-state index contributed by atoms with van der Waals surface area (Å²) in [6.45, 7) is 4.62. The second-order valence-corrected chi connectivity index (χ2v) is 7.11. The van der Waals surface area contributed by atoms with Crippen molar-refractivity contribution in [2.45, 2.75) is 57.5 Å². The van der Waals surface area contributed by atoms with Gasteiger partial charge in [-0.1, -0.05) is 24.3 Å². The molecule has 140 valence electrons. The molecule has 0 spiro atoms. The van der Waals surface area contributed by atoms with Gasteiger partial charge in [-0.15, -0.1) is 24.0 Å². The first-order chi connectivity index (χ1) is 11.6. The predicted octanol–water partition coefficient (Wildman–Crippen LogP) is 2.74. The number of nitrogens with one attached hydrogen (secondary N) is 2. The van der Waals surface area contributed by atoms with E-state index in [1.807, 2.05) is 0 Å². The third-order valence-corrected chi connectivity index (χ3v) is 4.68. The fraction of sp³-hybridized carbons (Fsp3) is 0.632. The number of hydrogen-bond donors (Lipinski definition) is 2. The number of benzene rings is 1. The molecule has 1 aromatic rings. The van der Waals surface area contributed by atoms with E-state index < -0.39 is 0 Å². The number of halogens is 1. The van der Waals surface area contributed by atoms with E-state index in [4.69, 9.17) is 9.73 Å². The van der Waals surface area contributed by atoms with Gasteiger partial charge in [-0.2, -0.15) is 0 Å². The van der Waals surface area contributed by atoms with Gasteiger partial charge >= 0.3 is 0 Å². The summed E-state index contributed by atoms with van der Waals surface area (Å²) in [5, 5.41) is 6.93. The van der Waals surface area contributed by atoms with E-state index >= 15 is 0 Å². The van der Waals surface area contributed by atoms with E-state index in [1.54, 1.807) is 0 Å². The van der Waals surface area contributed by atoms with E-state index in [1.165, 1.54) is 24.0 Å². The molecule has 2 aliphatic heterocycles. The normalized spacial score (nSPS) is 25.1. The average Bonchev–Trinajstić information content (AvgIpc) is 3.15. The fourth-order valence-corrected chi connectivity index (χ4v) is 3.65. The number of rotatable bonds is 6. The first-order valence-corrected chi connectivity index (χ1v) is 9.07. The third kappa shape index (κ3) is 5.82. The van der Waals surface area contributed by atoms with Gasteiger partial charge in [0, 0.05) is 13.1 Å². The lowest BCUT2D eigenvalue weighted by atomic mass is 9.96. The Labute approximate surface area is 168 Å². The molecular formula is C19H31IN4O. The Morgan fingerprint density at radius 1 is 1.28 bits per heavy atom. The van der Waals surface area contributed by atoms with Crippen LogP contribution in [-0.2, 0) is 17.8 Å². The SMILES string of the molecule is CCNC(=NCc1cccc(CN(C)C)c1)NC1CC2CCC1O2.I. The van der Waals surface area contributed by atoms with Crippen LogP contribution in [0.3, 0.4) is 0 Å². The number of hydrogen-bond acceptors (Lipinski definition) is 3. The highest BCUT2D eigenvalue weighted by molar-refractivity contribution is 14.0. The molecule has 2 aliphatic rings. The maximum atomic E-state index is 5.93. The number of guanidine groups is 1. The van der Waals surface area contributed by atoms with Crippen LogP contribution in [0.1, 0.15) is 37.3 Å². The monoisotopic (exact) mass is 458 g/mol. The summed E-state index contributed by atoms with van der Waals surface area (Å²) in [5.41, 5.74) is 2.57. The largest absolute Gasteiger partial charge is 0.373 e. The standard InChI is InChI=1S/C19H30N4O.HI/c1-4-20-19(22-17-11-16-8-9-18(17)24-16)21-12-14-6-5-7-15(10-14)13-23(2)3;/h5-7,10,16-18H,4,8-9,11-13H2,1-3H3,(H2,20,21,22);1H. The zero-order chi connectivity index (χ0) is 16.9. The zero-order valence-corrected chi connectivity index (χ0v) is 17.8. The number of fused-ring (bicyclic) bond motifs is 2. The molecule has 0 saturated carbocycles. The number of ether oxygens (including phenoxy) is 1. The smallest absolute Gasteiger partial charge is 0.191 e. The summed E-state index contributed by atoms with van der Waals surface area (Å²) in [5.74, 6) is 0.900. The Hall–Kier alpha value is -0.860. The van der Waals surface area contributed by atoms with Crippen molar-refractivity contribution in [3.05, 3.63) is 35.4 Å². The van der Waals surface area contributed by atoms with Crippen LogP contribution in [0, 0.1) is 0 Å². The molecule has 6 heteroatoms. The van der Waals surface area contributed by atoms with E-state index in [0.29, 0.717) is 24.8 Å². The molecule has 2 fully saturated rings. The molecule has 2 bridgehead atoms. The van der Waals surface area contributed by atoms with Gasteiger partial charge in [0.25, 0.3) is 0 Å². The van der Waals surface area contributed by atoms with Crippen LogP contribution in [0.5, 0.6) is 0 Å². The average molecular weight is 458 g/mol. The van der Waals surface area contributed by atoms with E-state index in [-0.39, 0.29) is 24.0 Å². The van der Waals surface area contributed by atoms with Crippen molar-refractivity contribution in [2.75, 3.05) is 20.6 Å². The molecule has 0 amide bonds. The highest BCUT2D eigenvalue weighted by atomic mass is 127. The van der Waals surface area contributed by atoms with Gasteiger partial charge in [-0.3, -0.25) is 0 Å². The topological polar surface area (TPSA) is 48.9 Å². The molecule has 3 atom stereocenters. The van der Waals surface area contributed by atoms with Gasteiger partial charge in [0.2, 0.25) is 0 Å². The van der Waals surface area contributed by atoms with Crippen LogP contribution in [0.2, 0.25) is 0 Å². The number of aliphatic imine (C=N–C) groups is 1. The molecule has 3 unspecified atom stereocenters. The molecule has 2 heterocycles. The van der Waals surface area contributed by atoms with Crippen molar-refractivity contribution < 1.29 is 4.74 Å². The van der Waals surface area contributed by atoms with E-state index in [9.17, 15) is 0 Å². The molecule has 2 saturated heterocycles. The summed E-state index contributed by atoms with van der Waals surface area (Å²) in [6.07, 6.45) is 4.32. The molecule has 0 aliphatic carbocycles. The van der Waals surface area contributed by atoms with Gasteiger partial charge in [0.1, 0.15) is 0 Å². The highest BCUT2D eigenvalue weighted by Crippen LogP contribution is 2.34. The lowest BCUT2D eigenvalue weighted by molar-refractivity contribution is 0.0992. The third-order valence-electron chi connectivity index (χ3n) is 4.68. The van der Waals surface area contributed by atoms with Crippen LogP contribution < -0.4 is 10.6 Å². The van der Waals surface area contributed by atoms with Crippen molar-refractivity contribution >= 4 is 29.9 Å². The lowest BCUT2D eigenvalue weighted by Gasteiger charge is -2.22. The second kappa shape index (κ2) is 9.73. The minimum absolute atomic E-state index is 0. The van der Waals surface area contributed by atoms with Gasteiger partial charge in [-0.05, 0) is 51.4 Å². The first kappa shape index (κ1) is 20.5. The van der Waals surface area contributed by atoms with Crippen LogP contribution in [0.25, 0.3) is 0 Å². The molecule has 2 N–H and O–H groups in total. The maximum Gasteiger partial charge on any atom is 0.191 e. The maximum absolute atomic E-state index is 5.93.